The lowest BCUT2D eigenvalue weighted by atomic mass is 9.84. The van der Waals surface area contributed by atoms with E-state index in [1.54, 1.807) is 0 Å². The summed E-state index contributed by atoms with van der Waals surface area (Å²) in [5, 5.41) is 2.39. The van der Waals surface area contributed by atoms with Crippen LogP contribution >= 0.6 is 0 Å². The maximum Gasteiger partial charge on any atom is 0.141 e. The number of anilines is 1. The van der Waals surface area contributed by atoms with Gasteiger partial charge in [0.25, 0.3) is 0 Å². The first kappa shape index (κ1) is 25.2. The number of hydrogen-bond donors (Lipinski definition) is 0. The maximum atomic E-state index is 6.90. The average Bonchev–Trinajstić information content (AvgIpc) is 3.40. The van der Waals surface area contributed by atoms with Gasteiger partial charge in [-0.25, -0.2) is 0 Å². The van der Waals surface area contributed by atoms with E-state index in [1.807, 2.05) is 0 Å². The van der Waals surface area contributed by atoms with E-state index in [1.165, 1.54) is 55.6 Å². The average molecular weight is 549 g/mol. The molecule has 3 unspecified atom stereocenters. The summed E-state index contributed by atoms with van der Waals surface area (Å²) in [6.07, 6.45) is 22.0. The summed E-state index contributed by atoms with van der Waals surface area (Å²) in [5.74, 6) is 0.842. The molecule has 3 atom stereocenters. The Labute approximate surface area is 248 Å². The Morgan fingerprint density at radius 1 is 0.833 bits per heavy atom. The standard InChI is InChI=1S/C39H36N2O/c1-25-10-8-12-28(22-25)29-19-21-41-35-16-5-4-13-33(35)34-15-6-7-20-40(34)24-27(3)30-17-18-32-31-14-9-11-26(2)38(31)42-39(32)37(30)36(41)23-29/h4-9,11-19,21-23,25,27,36H,10,20,24H2,1-3H3. The summed E-state index contributed by atoms with van der Waals surface area (Å²) in [6, 6.07) is 20.0. The number of para-hydroxylation sites is 2. The first-order chi connectivity index (χ1) is 20.6. The van der Waals surface area contributed by atoms with Crippen LogP contribution in [0.4, 0.5) is 5.69 Å². The van der Waals surface area contributed by atoms with Gasteiger partial charge in [0, 0.05) is 46.9 Å². The summed E-state index contributed by atoms with van der Waals surface area (Å²) < 4.78 is 6.90. The highest BCUT2D eigenvalue weighted by Crippen LogP contribution is 2.47. The molecule has 42 heavy (non-hydrogen) atoms. The molecule has 4 heterocycles. The third kappa shape index (κ3) is 3.94. The highest BCUT2D eigenvalue weighted by molar-refractivity contribution is 6.07. The summed E-state index contributed by atoms with van der Waals surface area (Å²) in [6.45, 7) is 8.68. The fraction of sp³-hybridized carbons (Fsp3) is 0.231. The van der Waals surface area contributed by atoms with Crippen LogP contribution in [0.5, 0.6) is 0 Å². The van der Waals surface area contributed by atoms with Gasteiger partial charge in [0.1, 0.15) is 11.2 Å². The molecular weight excluding hydrogens is 512 g/mol. The van der Waals surface area contributed by atoms with Crippen LogP contribution in [0, 0.1) is 12.8 Å². The van der Waals surface area contributed by atoms with Crippen molar-refractivity contribution in [2.24, 2.45) is 5.92 Å². The molecular formula is C39H36N2O. The Bertz CT molecular complexity index is 1930. The summed E-state index contributed by atoms with van der Waals surface area (Å²) >= 11 is 0. The van der Waals surface area contributed by atoms with Gasteiger partial charge in [-0.2, -0.15) is 0 Å². The Kier molecular flexibility index (Phi) is 5.89. The van der Waals surface area contributed by atoms with E-state index in [0.29, 0.717) is 11.8 Å². The zero-order chi connectivity index (χ0) is 28.4. The maximum absolute atomic E-state index is 6.90. The third-order valence-corrected chi connectivity index (χ3v) is 9.43. The minimum Gasteiger partial charge on any atom is -0.455 e. The predicted octanol–water partition coefficient (Wildman–Crippen LogP) is 9.75. The molecule has 4 aliphatic rings. The lowest BCUT2D eigenvalue weighted by Gasteiger charge is -2.40. The van der Waals surface area contributed by atoms with Gasteiger partial charge >= 0.3 is 0 Å². The van der Waals surface area contributed by atoms with Crippen molar-refractivity contribution in [1.82, 2.24) is 4.90 Å². The molecule has 0 N–H and O–H groups in total. The van der Waals surface area contributed by atoms with Gasteiger partial charge in [-0.1, -0.05) is 92.8 Å². The number of benzene rings is 3. The fourth-order valence-corrected chi connectivity index (χ4v) is 7.34. The van der Waals surface area contributed by atoms with Gasteiger partial charge in [0.05, 0.1) is 11.7 Å². The molecule has 1 aliphatic carbocycles. The van der Waals surface area contributed by atoms with Gasteiger partial charge in [-0.3, -0.25) is 0 Å². The van der Waals surface area contributed by atoms with Crippen molar-refractivity contribution in [3.63, 3.8) is 0 Å². The van der Waals surface area contributed by atoms with E-state index < -0.39 is 0 Å². The quantitative estimate of drug-likeness (QED) is 0.236. The zero-order valence-electron chi connectivity index (χ0n) is 24.5. The monoisotopic (exact) mass is 548 g/mol. The van der Waals surface area contributed by atoms with Gasteiger partial charge in [0.2, 0.25) is 0 Å². The van der Waals surface area contributed by atoms with Gasteiger partial charge in [0.15, 0.2) is 0 Å². The van der Waals surface area contributed by atoms with Crippen LogP contribution in [0.25, 0.3) is 27.6 Å². The summed E-state index contributed by atoms with van der Waals surface area (Å²) in [4.78, 5) is 5.01. The fourth-order valence-electron chi connectivity index (χ4n) is 7.34. The number of hydrogen-bond acceptors (Lipinski definition) is 3. The van der Waals surface area contributed by atoms with Crippen LogP contribution < -0.4 is 4.90 Å². The minimum absolute atomic E-state index is 0.0222. The number of allylic oxidation sites excluding steroid dienone is 8. The second kappa shape index (κ2) is 9.80. The number of rotatable bonds is 1. The van der Waals surface area contributed by atoms with E-state index in [2.05, 4.69) is 140 Å². The van der Waals surface area contributed by atoms with E-state index in [0.717, 1.165) is 30.7 Å². The highest BCUT2D eigenvalue weighted by Gasteiger charge is 2.33. The Morgan fingerprint density at radius 2 is 1.69 bits per heavy atom. The highest BCUT2D eigenvalue weighted by atomic mass is 16.3. The third-order valence-electron chi connectivity index (χ3n) is 9.43. The largest absolute Gasteiger partial charge is 0.455 e. The van der Waals surface area contributed by atoms with Crippen LogP contribution in [0.2, 0.25) is 0 Å². The zero-order valence-corrected chi connectivity index (χ0v) is 24.5. The Balaban J connectivity index is 1.44. The summed E-state index contributed by atoms with van der Waals surface area (Å²) in [5.41, 5.74) is 12.2. The second-order valence-electron chi connectivity index (χ2n) is 12.3. The van der Waals surface area contributed by atoms with Crippen LogP contribution in [0.1, 0.15) is 54.5 Å². The van der Waals surface area contributed by atoms with E-state index in [9.17, 15) is 0 Å². The Morgan fingerprint density at radius 3 is 2.60 bits per heavy atom. The molecule has 3 aliphatic heterocycles. The SMILES string of the molecule is Cc1cccc2c1oc1c3c(ccc12)C(C)CN1CC=CC=C1c1ccccc1N1C=CC(C2=CC(C)CC=C2)=CC31. The molecule has 3 nitrogen and oxygen atoms in total. The van der Waals surface area contributed by atoms with Crippen LogP contribution in [-0.4, -0.2) is 18.0 Å². The van der Waals surface area contributed by atoms with E-state index >= 15 is 0 Å². The molecule has 1 aromatic heterocycles. The topological polar surface area (TPSA) is 19.6 Å². The number of aryl methyl sites for hydroxylation is 1. The molecule has 0 spiro atoms. The van der Waals surface area contributed by atoms with Crippen LogP contribution in [0.15, 0.2) is 125 Å². The molecule has 208 valence electrons. The molecule has 0 saturated carbocycles. The molecule has 0 radical (unpaired) electrons. The van der Waals surface area contributed by atoms with E-state index in [4.69, 9.17) is 4.42 Å². The lowest BCUT2D eigenvalue weighted by Crippen LogP contribution is -2.33. The van der Waals surface area contributed by atoms with Crippen molar-refractivity contribution in [2.45, 2.75) is 39.2 Å². The number of furan rings is 1. The molecule has 4 aromatic rings. The lowest BCUT2D eigenvalue weighted by molar-refractivity contribution is 0.404. The van der Waals surface area contributed by atoms with Crippen molar-refractivity contribution in [3.05, 3.63) is 143 Å². The normalized spacial score (nSPS) is 23.1. The van der Waals surface area contributed by atoms with Crippen LogP contribution in [0.3, 0.4) is 0 Å². The second-order valence-corrected chi connectivity index (χ2v) is 12.3. The predicted molar refractivity (Wildman–Crippen MR) is 175 cm³/mol. The minimum atomic E-state index is -0.0222. The van der Waals surface area contributed by atoms with Gasteiger partial charge in [-0.05, 0) is 71.7 Å². The summed E-state index contributed by atoms with van der Waals surface area (Å²) in [7, 11) is 0. The Hall–Kier alpha value is -4.50. The molecule has 0 fully saturated rings. The molecule has 0 amide bonds. The number of fused-ring (bicyclic) bond motifs is 11. The van der Waals surface area contributed by atoms with Gasteiger partial charge < -0.3 is 14.2 Å². The van der Waals surface area contributed by atoms with Crippen molar-refractivity contribution in [2.75, 3.05) is 18.0 Å². The smallest absolute Gasteiger partial charge is 0.141 e. The van der Waals surface area contributed by atoms with Crippen LogP contribution in [-0.2, 0) is 0 Å². The van der Waals surface area contributed by atoms with Crippen molar-refractivity contribution in [1.29, 1.82) is 0 Å². The van der Waals surface area contributed by atoms with Crippen molar-refractivity contribution < 1.29 is 4.42 Å². The first-order valence-corrected chi connectivity index (χ1v) is 15.3. The molecule has 3 aromatic carbocycles. The number of nitrogens with zero attached hydrogens (tertiary/aromatic N) is 2. The first-order valence-electron chi connectivity index (χ1n) is 15.3. The molecule has 3 heteroatoms. The van der Waals surface area contributed by atoms with E-state index in [-0.39, 0.29) is 6.04 Å². The van der Waals surface area contributed by atoms with Crippen molar-refractivity contribution >= 4 is 33.3 Å². The van der Waals surface area contributed by atoms with Crippen molar-refractivity contribution in [3.8, 4) is 0 Å². The molecule has 0 bridgehead atoms. The molecule has 8 rings (SSSR count). The van der Waals surface area contributed by atoms with Gasteiger partial charge in [-0.15, -0.1) is 0 Å². The molecule has 0 saturated heterocycles.